The lowest BCUT2D eigenvalue weighted by Gasteiger charge is -2.05. The van der Waals surface area contributed by atoms with Gasteiger partial charge >= 0.3 is 6.03 Å². The number of carbonyl (C=O) groups excluding carboxylic acids is 2. The van der Waals surface area contributed by atoms with E-state index in [1.165, 1.54) is 0 Å². The Kier molecular flexibility index (Phi) is 6.32. The Morgan fingerprint density at radius 3 is 2.44 bits per heavy atom. The topological polar surface area (TPSA) is 84.2 Å². The highest BCUT2D eigenvalue weighted by Gasteiger charge is 2.01. The predicted octanol–water partition coefficient (Wildman–Crippen LogP) is 1.85. The monoisotopic (exact) mass is 249 g/mol. The number of anilines is 1. The second-order valence-electron chi connectivity index (χ2n) is 4.02. The van der Waals surface area contributed by atoms with Crippen LogP contribution < -0.4 is 16.4 Å². The standard InChI is InChI=1S/C13H19N3O2/c14-13(18)15-10-6-2-5-9-12(17)16-11-7-3-1-4-8-11/h1,3-4,7-8H,2,5-6,9-10H2,(H,16,17)(H3,14,15,18). The molecule has 0 heterocycles. The fraction of sp³-hybridized carbons (Fsp3) is 0.385. The Morgan fingerprint density at radius 2 is 1.78 bits per heavy atom. The van der Waals surface area contributed by atoms with Crippen molar-refractivity contribution in [2.75, 3.05) is 11.9 Å². The molecule has 18 heavy (non-hydrogen) atoms. The smallest absolute Gasteiger partial charge is 0.312 e. The molecule has 3 amide bonds. The van der Waals surface area contributed by atoms with Gasteiger partial charge in [0.25, 0.3) is 0 Å². The minimum atomic E-state index is -0.503. The highest BCUT2D eigenvalue weighted by atomic mass is 16.2. The molecule has 4 N–H and O–H groups in total. The van der Waals surface area contributed by atoms with Crippen molar-refractivity contribution in [3.8, 4) is 0 Å². The molecular formula is C13H19N3O2. The number of amides is 3. The maximum atomic E-state index is 11.6. The third-order valence-corrected chi connectivity index (χ3v) is 2.44. The molecule has 0 aliphatic carbocycles. The quantitative estimate of drug-likeness (QED) is 0.644. The average molecular weight is 249 g/mol. The molecule has 0 bridgehead atoms. The molecule has 0 aliphatic rings. The second-order valence-corrected chi connectivity index (χ2v) is 4.02. The number of nitrogens with one attached hydrogen (secondary N) is 2. The molecule has 1 aromatic carbocycles. The van der Waals surface area contributed by atoms with Gasteiger partial charge in [-0.3, -0.25) is 4.79 Å². The van der Waals surface area contributed by atoms with Crippen LogP contribution >= 0.6 is 0 Å². The number of rotatable bonds is 7. The summed E-state index contributed by atoms with van der Waals surface area (Å²) in [5, 5.41) is 5.33. The molecular weight excluding hydrogens is 230 g/mol. The number of hydrogen-bond acceptors (Lipinski definition) is 2. The lowest BCUT2D eigenvalue weighted by atomic mass is 10.2. The molecule has 5 nitrogen and oxygen atoms in total. The van der Waals surface area contributed by atoms with Crippen LogP contribution in [0.2, 0.25) is 0 Å². The van der Waals surface area contributed by atoms with E-state index in [4.69, 9.17) is 5.73 Å². The van der Waals surface area contributed by atoms with Crippen molar-refractivity contribution in [2.45, 2.75) is 25.7 Å². The van der Waals surface area contributed by atoms with Crippen LogP contribution in [0.4, 0.5) is 10.5 Å². The van der Waals surface area contributed by atoms with Crippen molar-refractivity contribution < 1.29 is 9.59 Å². The van der Waals surface area contributed by atoms with Crippen LogP contribution in [0.3, 0.4) is 0 Å². The van der Waals surface area contributed by atoms with E-state index in [0.717, 1.165) is 24.9 Å². The summed E-state index contributed by atoms with van der Waals surface area (Å²) in [7, 11) is 0. The predicted molar refractivity (Wildman–Crippen MR) is 71.1 cm³/mol. The third-order valence-electron chi connectivity index (χ3n) is 2.44. The summed E-state index contributed by atoms with van der Waals surface area (Å²) in [5.41, 5.74) is 5.74. The first kappa shape index (κ1) is 14.0. The van der Waals surface area contributed by atoms with Gasteiger partial charge in [-0.2, -0.15) is 0 Å². The van der Waals surface area contributed by atoms with Crippen LogP contribution in [0.25, 0.3) is 0 Å². The number of primary amides is 1. The van der Waals surface area contributed by atoms with Gasteiger partial charge in [0.2, 0.25) is 5.91 Å². The minimum absolute atomic E-state index is 0.0176. The maximum Gasteiger partial charge on any atom is 0.312 e. The normalized spacial score (nSPS) is 9.78. The van der Waals surface area contributed by atoms with Crippen molar-refractivity contribution in [1.29, 1.82) is 0 Å². The van der Waals surface area contributed by atoms with E-state index in [0.29, 0.717) is 13.0 Å². The molecule has 1 rings (SSSR count). The van der Waals surface area contributed by atoms with Gasteiger partial charge in [0.05, 0.1) is 0 Å². The number of benzene rings is 1. The van der Waals surface area contributed by atoms with Gasteiger partial charge in [0.1, 0.15) is 0 Å². The molecule has 0 saturated heterocycles. The van der Waals surface area contributed by atoms with E-state index in [2.05, 4.69) is 10.6 Å². The molecule has 0 atom stereocenters. The first-order chi connectivity index (χ1) is 8.68. The number of hydrogen-bond donors (Lipinski definition) is 3. The molecule has 0 fully saturated rings. The van der Waals surface area contributed by atoms with Crippen LogP contribution in [-0.4, -0.2) is 18.5 Å². The first-order valence-electron chi connectivity index (χ1n) is 6.06. The number of urea groups is 1. The largest absolute Gasteiger partial charge is 0.352 e. The van der Waals surface area contributed by atoms with Gasteiger partial charge in [-0.1, -0.05) is 24.6 Å². The van der Waals surface area contributed by atoms with Crippen molar-refractivity contribution >= 4 is 17.6 Å². The zero-order valence-corrected chi connectivity index (χ0v) is 10.3. The summed E-state index contributed by atoms with van der Waals surface area (Å²) in [5.74, 6) is 0.0176. The van der Waals surface area contributed by atoms with Crippen molar-refractivity contribution in [3.05, 3.63) is 30.3 Å². The fourth-order valence-corrected chi connectivity index (χ4v) is 1.54. The minimum Gasteiger partial charge on any atom is -0.352 e. The van der Waals surface area contributed by atoms with Gasteiger partial charge in [-0.25, -0.2) is 4.79 Å². The van der Waals surface area contributed by atoms with Crippen LogP contribution in [0.1, 0.15) is 25.7 Å². The fourth-order valence-electron chi connectivity index (χ4n) is 1.54. The Labute approximate surface area is 107 Å². The van der Waals surface area contributed by atoms with Crippen LogP contribution in [0, 0.1) is 0 Å². The Morgan fingerprint density at radius 1 is 1.06 bits per heavy atom. The van der Waals surface area contributed by atoms with Gasteiger partial charge in [0, 0.05) is 18.7 Å². The molecule has 1 aromatic rings. The number of nitrogens with two attached hydrogens (primary N) is 1. The lowest BCUT2D eigenvalue weighted by molar-refractivity contribution is -0.116. The van der Waals surface area contributed by atoms with E-state index in [-0.39, 0.29) is 5.91 Å². The van der Waals surface area contributed by atoms with Crippen molar-refractivity contribution in [2.24, 2.45) is 5.73 Å². The molecule has 98 valence electrons. The van der Waals surface area contributed by atoms with E-state index < -0.39 is 6.03 Å². The molecule has 0 aliphatic heterocycles. The second kappa shape index (κ2) is 8.11. The molecule has 5 heteroatoms. The van der Waals surface area contributed by atoms with Crippen molar-refractivity contribution in [1.82, 2.24) is 5.32 Å². The van der Waals surface area contributed by atoms with E-state index in [9.17, 15) is 9.59 Å². The Bertz CT molecular complexity index is 379. The van der Waals surface area contributed by atoms with E-state index in [1.807, 2.05) is 30.3 Å². The van der Waals surface area contributed by atoms with Crippen LogP contribution in [-0.2, 0) is 4.79 Å². The van der Waals surface area contributed by atoms with Crippen molar-refractivity contribution in [3.63, 3.8) is 0 Å². The zero-order chi connectivity index (χ0) is 13.2. The molecule has 0 unspecified atom stereocenters. The summed E-state index contributed by atoms with van der Waals surface area (Å²) in [6, 6.07) is 8.87. The molecule has 0 saturated carbocycles. The van der Waals surface area contributed by atoms with E-state index >= 15 is 0 Å². The third kappa shape index (κ3) is 6.52. The molecule has 0 aromatic heterocycles. The average Bonchev–Trinajstić information content (AvgIpc) is 2.34. The van der Waals surface area contributed by atoms with E-state index in [1.54, 1.807) is 0 Å². The maximum absolute atomic E-state index is 11.6. The van der Waals surface area contributed by atoms with Gasteiger partial charge < -0.3 is 16.4 Å². The zero-order valence-electron chi connectivity index (χ0n) is 10.3. The van der Waals surface area contributed by atoms with Gasteiger partial charge in [-0.05, 0) is 25.0 Å². The summed E-state index contributed by atoms with van der Waals surface area (Å²) in [6.07, 6.45) is 3.02. The summed E-state index contributed by atoms with van der Waals surface area (Å²) in [4.78, 5) is 21.9. The highest BCUT2D eigenvalue weighted by Crippen LogP contribution is 2.07. The highest BCUT2D eigenvalue weighted by molar-refractivity contribution is 5.90. The lowest BCUT2D eigenvalue weighted by Crippen LogP contribution is -2.29. The van der Waals surface area contributed by atoms with Crippen LogP contribution in [0.5, 0.6) is 0 Å². The van der Waals surface area contributed by atoms with Gasteiger partial charge in [0.15, 0.2) is 0 Å². The number of carbonyl (C=O) groups is 2. The van der Waals surface area contributed by atoms with Gasteiger partial charge in [-0.15, -0.1) is 0 Å². The van der Waals surface area contributed by atoms with Crippen LogP contribution in [0.15, 0.2) is 30.3 Å². The number of unbranched alkanes of at least 4 members (excludes halogenated alkanes) is 2. The molecule has 0 radical (unpaired) electrons. The summed E-state index contributed by atoms with van der Waals surface area (Å²) < 4.78 is 0. The summed E-state index contributed by atoms with van der Waals surface area (Å²) >= 11 is 0. The first-order valence-corrected chi connectivity index (χ1v) is 6.06. The Balaban J connectivity index is 2.05. The SMILES string of the molecule is NC(=O)NCCCCCC(=O)Nc1ccccc1. The number of para-hydroxylation sites is 1. The molecule has 0 spiro atoms. The summed E-state index contributed by atoms with van der Waals surface area (Å²) in [6.45, 7) is 0.565. The Hall–Kier alpha value is -2.04.